The predicted octanol–water partition coefficient (Wildman–Crippen LogP) is 6.68. The van der Waals surface area contributed by atoms with Crippen molar-refractivity contribution in [3.05, 3.63) is 97.5 Å². The Bertz CT molecular complexity index is 1600. The Morgan fingerprint density at radius 2 is 1.61 bits per heavy atom. The largest absolute Gasteiger partial charge is 0.497 e. The Morgan fingerprint density at radius 1 is 0.944 bits per heavy atom. The number of halogens is 1. The van der Waals surface area contributed by atoms with Crippen molar-refractivity contribution in [1.82, 2.24) is 0 Å². The number of benzene rings is 4. The first-order chi connectivity index (χ1) is 17.2. The summed E-state index contributed by atoms with van der Waals surface area (Å²) in [5.41, 5.74) is 3.37. The maximum Gasteiger partial charge on any atom is 0.294 e. The van der Waals surface area contributed by atoms with E-state index in [1.165, 1.54) is 13.2 Å². The summed E-state index contributed by atoms with van der Waals surface area (Å²) < 4.78 is 5.90. The number of nitrogens with one attached hydrogen (secondary N) is 1. The number of imide groups is 1. The Morgan fingerprint density at radius 3 is 2.28 bits per heavy atom. The zero-order valence-electron chi connectivity index (χ0n) is 19.6. The van der Waals surface area contributed by atoms with Crippen molar-refractivity contribution in [3.63, 3.8) is 0 Å². The fraction of sp³-hybridized carbons (Fsp3) is 0.111. The number of carbonyl (C=O) groups is 2. The number of hydrogen-bond donors (Lipinski definition) is 1. The first kappa shape index (κ1) is 23.5. The van der Waals surface area contributed by atoms with Crippen LogP contribution in [0, 0.1) is 24.0 Å². The lowest BCUT2D eigenvalue weighted by molar-refractivity contribution is -0.383. The van der Waals surface area contributed by atoms with Gasteiger partial charge in [0.1, 0.15) is 11.4 Å². The van der Waals surface area contributed by atoms with E-state index < -0.39 is 16.7 Å². The quantitative estimate of drug-likeness (QED) is 0.170. The van der Waals surface area contributed by atoms with Gasteiger partial charge in [0.2, 0.25) is 0 Å². The second-order valence-corrected chi connectivity index (χ2v) is 9.34. The maximum atomic E-state index is 13.6. The summed E-state index contributed by atoms with van der Waals surface area (Å²) >= 11 is 3.53. The highest BCUT2D eigenvalue weighted by Gasteiger charge is 2.37. The summed E-state index contributed by atoms with van der Waals surface area (Å²) in [5, 5.41) is 16.2. The molecule has 0 saturated heterocycles. The van der Waals surface area contributed by atoms with Gasteiger partial charge in [0, 0.05) is 26.9 Å². The molecule has 8 nitrogen and oxygen atoms in total. The van der Waals surface area contributed by atoms with Crippen molar-refractivity contribution in [1.29, 1.82) is 0 Å². The summed E-state index contributed by atoms with van der Waals surface area (Å²) in [6, 6.07) is 16.5. The Kier molecular flexibility index (Phi) is 5.72. The number of carbonyl (C=O) groups excluding carboxylic acids is 2. The number of nitro benzene ring substituents is 1. The molecular formula is C27H20BrN3O5. The third-order valence-corrected chi connectivity index (χ3v) is 7.03. The van der Waals surface area contributed by atoms with Gasteiger partial charge < -0.3 is 10.1 Å². The van der Waals surface area contributed by atoms with Gasteiger partial charge in [-0.05, 0) is 83.4 Å². The van der Waals surface area contributed by atoms with Crippen LogP contribution in [0.4, 0.5) is 22.7 Å². The van der Waals surface area contributed by atoms with E-state index in [1.54, 1.807) is 42.5 Å². The molecule has 1 aliphatic heterocycles. The molecule has 0 atom stereocenters. The number of hydrogen-bond acceptors (Lipinski definition) is 6. The molecule has 36 heavy (non-hydrogen) atoms. The second-order valence-electron chi connectivity index (χ2n) is 8.49. The van der Waals surface area contributed by atoms with Crippen molar-refractivity contribution in [2.24, 2.45) is 0 Å². The molecule has 5 rings (SSSR count). The van der Waals surface area contributed by atoms with E-state index in [1.807, 2.05) is 26.0 Å². The van der Waals surface area contributed by atoms with Crippen LogP contribution in [0.25, 0.3) is 10.8 Å². The van der Waals surface area contributed by atoms with Gasteiger partial charge in [0.05, 0.1) is 29.0 Å². The highest BCUT2D eigenvalue weighted by Crippen LogP contribution is 2.43. The molecule has 0 aliphatic carbocycles. The number of aryl methyl sites for hydroxylation is 2. The van der Waals surface area contributed by atoms with Crippen LogP contribution in [-0.2, 0) is 0 Å². The molecule has 0 spiro atoms. The molecule has 9 heteroatoms. The molecule has 0 saturated carbocycles. The SMILES string of the molecule is COc1ccc(N2C(=O)c3cccc4c(Nc5cc(C)c(C)cc5Br)c([N+](=O)[O-])cc(c34)C2=O)cc1. The van der Waals surface area contributed by atoms with E-state index >= 15 is 0 Å². The van der Waals surface area contributed by atoms with E-state index in [0.717, 1.165) is 20.5 Å². The zero-order chi connectivity index (χ0) is 25.7. The monoisotopic (exact) mass is 545 g/mol. The minimum Gasteiger partial charge on any atom is -0.497 e. The standard InChI is InChI=1S/C27H20BrN3O5/c1-14-11-21(28)22(12-15(14)2)29-25-18-5-4-6-19-24(18)20(13-23(25)31(34)35)27(33)30(26(19)32)16-7-9-17(36-3)10-8-16/h4-13,29H,1-3H3. The first-order valence-electron chi connectivity index (χ1n) is 11.0. The lowest BCUT2D eigenvalue weighted by atomic mass is 9.91. The Labute approximate surface area is 214 Å². The molecule has 0 unspecified atom stereocenters. The summed E-state index contributed by atoms with van der Waals surface area (Å²) in [7, 11) is 1.52. The molecule has 180 valence electrons. The Balaban J connectivity index is 1.72. The molecule has 2 amide bonds. The predicted molar refractivity (Wildman–Crippen MR) is 142 cm³/mol. The van der Waals surface area contributed by atoms with Crippen LogP contribution in [0.15, 0.2) is 65.1 Å². The van der Waals surface area contributed by atoms with Crippen molar-refractivity contribution in [2.75, 3.05) is 17.3 Å². The molecule has 1 N–H and O–H groups in total. The van der Waals surface area contributed by atoms with Crippen LogP contribution >= 0.6 is 15.9 Å². The van der Waals surface area contributed by atoms with Crippen molar-refractivity contribution in [3.8, 4) is 5.75 Å². The van der Waals surface area contributed by atoms with Gasteiger partial charge in [0.15, 0.2) is 0 Å². The minimum absolute atomic E-state index is 0.0902. The second kappa shape index (κ2) is 8.76. The van der Waals surface area contributed by atoms with Gasteiger partial charge >= 0.3 is 0 Å². The average molecular weight is 546 g/mol. The van der Waals surface area contributed by atoms with E-state index in [2.05, 4.69) is 21.2 Å². The number of rotatable bonds is 5. The minimum atomic E-state index is -0.629. The fourth-order valence-electron chi connectivity index (χ4n) is 4.40. The third kappa shape index (κ3) is 3.68. The summed E-state index contributed by atoms with van der Waals surface area (Å²) in [5.74, 6) is -0.562. The molecule has 0 radical (unpaired) electrons. The molecule has 0 aromatic heterocycles. The number of ether oxygens (including phenoxy) is 1. The van der Waals surface area contributed by atoms with Crippen LogP contribution in [0.3, 0.4) is 0 Å². The van der Waals surface area contributed by atoms with E-state index in [0.29, 0.717) is 27.9 Å². The molecule has 0 bridgehead atoms. The number of methoxy groups -OCH3 is 1. The Hall–Kier alpha value is -4.24. The van der Waals surface area contributed by atoms with Gasteiger partial charge in [-0.1, -0.05) is 12.1 Å². The lowest BCUT2D eigenvalue weighted by Gasteiger charge is -2.28. The van der Waals surface area contributed by atoms with Gasteiger partial charge in [-0.25, -0.2) is 4.90 Å². The number of anilines is 3. The van der Waals surface area contributed by atoms with Crippen LogP contribution in [0.1, 0.15) is 31.8 Å². The topological polar surface area (TPSA) is 102 Å². The normalized spacial score (nSPS) is 12.7. The van der Waals surface area contributed by atoms with Gasteiger partial charge in [0.25, 0.3) is 17.5 Å². The highest BCUT2D eigenvalue weighted by atomic mass is 79.9. The molecule has 0 fully saturated rings. The third-order valence-electron chi connectivity index (χ3n) is 6.38. The number of nitrogens with zero attached hydrogens (tertiary/aromatic N) is 2. The highest BCUT2D eigenvalue weighted by molar-refractivity contribution is 9.10. The first-order valence-corrected chi connectivity index (χ1v) is 11.8. The maximum absolute atomic E-state index is 13.6. The van der Waals surface area contributed by atoms with Gasteiger partial charge in [-0.15, -0.1) is 0 Å². The van der Waals surface area contributed by atoms with Gasteiger partial charge in [-0.3, -0.25) is 19.7 Å². The average Bonchev–Trinajstić information content (AvgIpc) is 2.86. The molecule has 1 aliphatic rings. The lowest BCUT2D eigenvalue weighted by Crippen LogP contribution is -2.40. The van der Waals surface area contributed by atoms with E-state index in [4.69, 9.17) is 4.74 Å². The molecule has 4 aromatic carbocycles. The van der Waals surface area contributed by atoms with E-state index in [-0.39, 0.29) is 22.5 Å². The molecular weight excluding hydrogens is 526 g/mol. The van der Waals surface area contributed by atoms with Crippen LogP contribution < -0.4 is 15.0 Å². The number of amides is 2. The zero-order valence-corrected chi connectivity index (χ0v) is 21.2. The van der Waals surface area contributed by atoms with Crippen LogP contribution in [0.2, 0.25) is 0 Å². The van der Waals surface area contributed by atoms with Crippen LogP contribution in [-0.4, -0.2) is 23.8 Å². The van der Waals surface area contributed by atoms with Crippen molar-refractivity contribution in [2.45, 2.75) is 13.8 Å². The van der Waals surface area contributed by atoms with Crippen LogP contribution in [0.5, 0.6) is 5.75 Å². The van der Waals surface area contributed by atoms with Crippen molar-refractivity contribution < 1.29 is 19.2 Å². The van der Waals surface area contributed by atoms with Gasteiger partial charge in [-0.2, -0.15) is 0 Å². The number of nitro groups is 1. The molecule has 1 heterocycles. The van der Waals surface area contributed by atoms with E-state index in [9.17, 15) is 19.7 Å². The fourth-order valence-corrected chi connectivity index (χ4v) is 4.96. The summed E-state index contributed by atoms with van der Waals surface area (Å²) in [4.78, 5) is 39.8. The molecule has 4 aromatic rings. The summed E-state index contributed by atoms with van der Waals surface area (Å²) in [6.45, 7) is 3.92. The smallest absolute Gasteiger partial charge is 0.294 e. The summed E-state index contributed by atoms with van der Waals surface area (Å²) in [6.07, 6.45) is 0. The van der Waals surface area contributed by atoms with Crippen molar-refractivity contribution >= 4 is 61.3 Å².